The first-order valence-corrected chi connectivity index (χ1v) is 8.77. The highest BCUT2D eigenvalue weighted by molar-refractivity contribution is 5.87. The molecule has 0 N–H and O–H groups in total. The van der Waals surface area contributed by atoms with E-state index in [-0.39, 0.29) is 6.61 Å². The molecule has 0 aromatic heterocycles. The zero-order valence-electron chi connectivity index (χ0n) is 15.6. The lowest BCUT2D eigenvalue weighted by Crippen LogP contribution is -2.00. The van der Waals surface area contributed by atoms with E-state index in [1.54, 1.807) is 19.3 Å². The summed E-state index contributed by atoms with van der Waals surface area (Å²) in [7, 11) is 1.58. The third-order valence-electron chi connectivity index (χ3n) is 4.16. The molecule has 0 aliphatic carbocycles. The number of terminal acetylenes is 1. The summed E-state index contributed by atoms with van der Waals surface area (Å²) in [6.07, 6.45) is 8.01. The summed E-state index contributed by atoms with van der Waals surface area (Å²) in [6.45, 7) is 0.374. The van der Waals surface area contributed by atoms with Crippen LogP contribution in [-0.4, -0.2) is 19.7 Å². The Morgan fingerprint density at radius 1 is 1.07 bits per heavy atom. The average molecular weight is 372 g/mol. The van der Waals surface area contributed by atoms with Crippen LogP contribution in [0.1, 0.15) is 11.1 Å². The summed E-state index contributed by atoms with van der Waals surface area (Å²) in [6, 6.07) is 19.8. The van der Waals surface area contributed by atoms with Gasteiger partial charge in [0.25, 0.3) is 0 Å². The summed E-state index contributed by atoms with van der Waals surface area (Å²) in [5.74, 6) is 2.97. The van der Waals surface area contributed by atoms with E-state index in [0.29, 0.717) is 18.1 Å². The molecule has 4 nitrogen and oxygen atoms in total. The van der Waals surface area contributed by atoms with Crippen molar-refractivity contribution in [1.82, 2.24) is 0 Å². The highest BCUT2D eigenvalue weighted by Crippen LogP contribution is 2.30. The number of methoxy groups -OCH3 is 1. The Hall–Kier alpha value is -3.71. The number of carbonyl (C=O) groups excluding carboxylic acids is 1. The molecule has 0 spiro atoms. The van der Waals surface area contributed by atoms with Gasteiger partial charge >= 0.3 is 5.97 Å². The quantitative estimate of drug-likeness (QED) is 0.345. The standard InChI is InChI=1S/C24H20O4/c1-3-15-27-24(25)14-12-18-11-13-22(23(16-18)26-2)28-17-20-9-6-8-19-7-4-5-10-21(19)20/h1,4-14,16H,15,17H2,2H3/b14-12+. The molecule has 3 aromatic rings. The lowest BCUT2D eigenvalue weighted by atomic mass is 10.1. The Bertz CT molecular complexity index is 1040. The minimum atomic E-state index is -0.492. The van der Waals surface area contributed by atoms with E-state index < -0.39 is 5.97 Å². The van der Waals surface area contributed by atoms with Crippen LogP contribution in [0, 0.1) is 12.3 Å². The topological polar surface area (TPSA) is 44.8 Å². The van der Waals surface area contributed by atoms with Gasteiger partial charge in [-0.15, -0.1) is 6.42 Å². The lowest BCUT2D eigenvalue weighted by molar-refractivity contribution is -0.136. The number of esters is 1. The van der Waals surface area contributed by atoms with Crippen molar-refractivity contribution in [3.63, 3.8) is 0 Å². The van der Waals surface area contributed by atoms with Crippen molar-refractivity contribution >= 4 is 22.8 Å². The molecule has 0 radical (unpaired) electrons. The molecule has 0 aliphatic heterocycles. The van der Waals surface area contributed by atoms with Crippen LogP contribution in [-0.2, 0) is 16.1 Å². The van der Waals surface area contributed by atoms with E-state index in [0.717, 1.165) is 16.5 Å². The third-order valence-corrected chi connectivity index (χ3v) is 4.16. The first-order valence-electron chi connectivity index (χ1n) is 8.77. The highest BCUT2D eigenvalue weighted by atomic mass is 16.5. The van der Waals surface area contributed by atoms with Gasteiger partial charge in [-0.1, -0.05) is 54.5 Å². The maximum absolute atomic E-state index is 11.5. The van der Waals surface area contributed by atoms with E-state index in [1.807, 2.05) is 36.4 Å². The zero-order chi connectivity index (χ0) is 19.8. The number of hydrogen-bond acceptors (Lipinski definition) is 4. The minimum Gasteiger partial charge on any atom is -0.493 e. The van der Waals surface area contributed by atoms with Crippen molar-refractivity contribution in [3.05, 3.63) is 77.9 Å². The molecule has 0 atom stereocenters. The maximum atomic E-state index is 11.5. The largest absolute Gasteiger partial charge is 0.493 e. The van der Waals surface area contributed by atoms with Crippen molar-refractivity contribution < 1.29 is 19.0 Å². The second-order valence-corrected chi connectivity index (χ2v) is 5.98. The Labute approximate surface area is 164 Å². The van der Waals surface area contributed by atoms with Crippen molar-refractivity contribution in [3.8, 4) is 23.8 Å². The van der Waals surface area contributed by atoms with Gasteiger partial charge in [-0.3, -0.25) is 0 Å². The van der Waals surface area contributed by atoms with Crippen LogP contribution < -0.4 is 9.47 Å². The second kappa shape index (κ2) is 9.29. The molecular weight excluding hydrogens is 352 g/mol. The van der Waals surface area contributed by atoms with Gasteiger partial charge in [0, 0.05) is 6.08 Å². The molecule has 0 bridgehead atoms. The van der Waals surface area contributed by atoms with Gasteiger partial charge in [0.05, 0.1) is 7.11 Å². The van der Waals surface area contributed by atoms with Gasteiger partial charge in [0.2, 0.25) is 0 Å². The number of rotatable bonds is 7. The van der Waals surface area contributed by atoms with Gasteiger partial charge in [0.1, 0.15) is 6.61 Å². The smallest absolute Gasteiger partial charge is 0.331 e. The van der Waals surface area contributed by atoms with Crippen LogP contribution in [0.3, 0.4) is 0 Å². The fourth-order valence-corrected chi connectivity index (χ4v) is 2.81. The van der Waals surface area contributed by atoms with Gasteiger partial charge in [-0.05, 0) is 40.1 Å². The predicted molar refractivity (Wildman–Crippen MR) is 110 cm³/mol. The second-order valence-electron chi connectivity index (χ2n) is 5.98. The monoisotopic (exact) mass is 372 g/mol. The summed E-state index contributed by atoms with van der Waals surface area (Å²) in [5.41, 5.74) is 1.88. The van der Waals surface area contributed by atoms with Crippen LogP contribution in [0.25, 0.3) is 16.8 Å². The minimum absolute atomic E-state index is 0.0482. The molecule has 3 rings (SSSR count). The van der Waals surface area contributed by atoms with E-state index in [1.165, 1.54) is 11.5 Å². The van der Waals surface area contributed by atoms with Gasteiger partial charge < -0.3 is 14.2 Å². The first-order chi connectivity index (χ1) is 13.7. The van der Waals surface area contributed by atoms with Crippen LogP contribution in [0.5, 0.6) is 11.5 Å². The Morgan fingerprint density at radius 3 is 2.71 bits per heavy atom. The molecule has 0 saturated carbocycles. The Morgan fingerprint density at radius 2 is 1.89 bits per heavy atom. The van der Waals surface area contributed by atoms with Crippen molar-refractivity contribution in [1.29, 1.82) is 0 Å². The van der Waals surface area contributed by atoms with Crippen LogP contribution in [0.15, 0.2) is 66.7 Å². The molecule has 0 heterocycles. The van der Waals surface area contributed by atoms with Crippen LogP contribution in [0.2, 0.25) is 0 Å². The number of hydrogen-bond donors (Lipinski definition) is 0. The first kappa shape index (κ1) is 19.1. The molecule has 3 aromatic carbocycles. The molecule has 0 unspecified atom stereocenters. The van der Waals surface area contributed by atoms with Crippen molar-refractivity contribution in [2.24, 2.45) is 0 Å². The Kier molecular flexibility index (Phi) is 6.33. The summed E-state index contributed by atoms with van der Waals surface area (Å²) in [5, 5.41) is 2.33. The fraction of sp³-hybridized carbons (Fsp3) is 0.125. The lowest BCUT2D eigenvalue weighted by Gasteiger charge is -2.13. The third kappa shape index (κ3) is 4.72. The van der Waals surface area contributed by atoms with Gasteiger partial charge in [-0.25, -0.2) is 4.79 Å². The molecule has 140 valence electrons. The van der Waals surface area contributed by atoms with E-state index in [2.05, 4.69) is 24.1 Å². The van der Waals surface area contributed by atoms with Crippen LogP contribution in [0.4, 0.5) is 0 Å². The number of benzene rings is 3. The number of ether oxygens (including phenoxy) is 3. The summed E-state index contributed by atoms with van der Waals surface area (Å²) >= 11 is 0. The molecular formula is C24H20O4. The molecule has 0 saturated heterocycles. The molecule has 0 aliphatic rings. The normalized spacial score (nSPS) is 10.6. The highest BCUT2D eigenvalue weighted by Gasteiger charge is 2.07. The fourth-order valence-electron chi connectivity index (χ4n) is 2.81. The summed E-state index contributed by atoms with van der Waals surface area (Å²) < 4.78 is 16.2. The SMILES string of the molecule is C#CCOC(=O)/C=C/c1ccc(OCc2cccc3ccccc23)c(OC)c1. The number of fused-ring (bicyclic) bond motifs is 1. The Balaban J connectivity index is 1.73. The van der Waals surface area contributed by atoms with Gasteiger partial charge in [0.15, 0.2) is 18.1 Å². The average Bonchev–Trinajstić information content (AvgIpc) is 2.74. The zero-order valence-corrected chi connectivity index (χ0v) is 15.6. The predicted octanol–water partition coefficient (Wildman–Crippen LogP) is 4.62. The van der Waals surface area contributed by atoms with Crippen LogP contribution >= 0.6 is 0 Å². The van der Waals surface area contributed by atoms with E-state index in [4.69, 9.17) is 20.6 Å². The van der Waals surface area contributed by atoms with E-state index >= 15 is 0 Å². The van der Waals surface area contributed by atoms with Crippen molar-refractivity contribution in [2.75, 3.05) is 13.7 Å². The molecule has 28 heavy (non-hydrogen) atoms. The molecule has 4 heteroatoms. The maximum Gasteiger partial charge on any atom is 0.331 e. The van der Waals surface area contributed by atoms with E-state index in [9.17, 15) is 4.79 Å². The van der Waals surface area contributed by atoms with Gasteiger partial charge in [-0.2, -0.15) is 0 Å². The van der Waals surface area contributed by atoms with Crippen molar-refractivity contribution in [2.45, 2.75) is 6.61 Å². The molecule has 0 fully saturated rings. The summed E-state index contributed by atoms with van der Waals surface area (Å²) in [4.78, 5) is 11.5. The molecule has 0 amide bonds. The number of carbonyl (C=O) groups is 1.